The van der Waals surface area contributed by atoms with Gasteiger partial charge >= 0.3 is 6.18 Å². The molecule has 1 amide bonds. The topological polar surface area (TPSA) is 89.4 Å². The van der Waals surface area contributed by atoms with Crippen LogP contribution in [0.2, 0.25) is 0 Å². The normalized spacial score (nSPS) is 17.4. The summed E-state index contributed by atoms with van der Waals surface area (Å²) in [5.74, 6) is -1.31. The molecular weight excluding hydrogens is 385 g/mol. The first-order valence-electron chi connectivity index (χ1n) is 8.52. The van der Waals surface area contributed by atoms with Crippen molar-refractivity contribution < 1.29 is 18.0 Å². The number of halogens is 4. The fourth-order valence-electron chi connectivity index (χ4n) is 3.47. The molecule has 0 aliphatic carbocycles. The monoisotopic (exact) mass is 406 g/mol. The molecule has 150 valence electrons. The van der Waals surface area contributed by atoms with E-state index in [-0.39, 0.29) is 36.6 Å². The Labute approximate surface area is 160 Å². The third kappa shape index (κ3) is 4.16. The fraction of sp³-hybridized carbons (Fsp3) is 0.625. The average Bonchev–Trinajstić information content (AvgIpc) is 3.20. The van der Waals surface area contributed by atoms with Gasteiger partial charge in [-0.2, -0.15) is 18.2 Å². The Kier molecular flexibility index (Phi) is 6.31. The Morgan fingerprint density at radius 2 is 2.00 bits per heavy atom. The highest BCUT2D eigenvalue weighted by atomic mass is 35.5. The number of fused-ring (bicyclic) bond motifs is 1. The molecular formula is C16H22ClF3N6O. The number of rotatable bonds is 4. The Bertz CT molecular complexity index is 838. The van der Waals surface area contributed by atoms with Crippen LogP contribution in [0.4, 0.5) is 13.2 Å². The van der Waals surface area contributed by atoms with Gasteiger partial charge in [0.25, 0.3) is 11.6 Å². The van der Waals surface area contributed by atoms with E-state index < -0.39 is 12.0 Å². The summed E-state index contributed by atoms with van der Waals surface area (Å²) in [6.45, 7) is 4.51. The van der Waals surface area contributed by atoms with E-state index in [1.54, 1.807) is 18.7 Å². The van der Waals surface area contributed by atoms with Crippen LogP contribution in [0.25, 0.3) is 5.78 Å². The maximum Gasteiger partial charge on any atom is 0.453 e. The molecule has 1 aliphatic heterocycles. The molecule has 0 saturated carbocycles. The minimum Gasteiger partial charge on any atom is -0.338 e. The number of amides is 1. The lowest BCUT2D eigenvalue weighted by Gasteiger charge is -2.23. The molecule has 1 atom stereocenters. The zero-order chi connectivity index (χ0) is 19.1. The number of nitrogens with zero attached hydrogens (tertiary/aromatic N) is 5. The molecule has 11 heteroatoms. The standard InChI is InChI=1S/C16H21F3N6O.ClH/c1-9-12(5-6-13(26)24-7-3-4-11(24)8-20)10(2)25-15(21-9)22-14(23-25)16(17,18)19;/h11H,3-8,20H2,1-2H3;1H. The Morgan fingerprint density at radius 1 is 1.30 bits per heavy atom. The molecule has 27 heavy (non-hydrogen) atoms. The van der Waals surface area contributed by atoms with Crippen molar-refractivity contribution in [1.29, 1.82) is 0 Å². The Hall–Kier alpha value is -1.94. The maximum atomic E-state index is 12.8. The first-order valence-corrected chi connectivity index (χ1v) is 8.52. The molecule has 1 fully saturated rings. The van der Waals surface area contributed by atoms with Crippen LogP contribution < -0.4 is 5.73 Å². The van der Waals surface area contributed by atoms with Crippen molar-refractivity contribution in [3.8, 4) is 0 Å². The highest BCUT2D eigenvalue weighted by Crippen LogP contribution is 2.27. The summed E-state index contributed by atoms with van der Waals surface area (Å²) in [6, 6.07) is 0.0787. The van der Waals surface area contributed by atoms with Crippen LogP contribution in [0.3, 0.4) is 0 Å². The van der Waals surface area contributed by atoms with Gasteiger partial charge in [0, 0.05) is 36.9 Å². The van der Waals surface area contributed by atoms with Crippen molar-refractivity contribution in [3.63, 3.8) is 0 Å². The van der Waals surface area contributed by atoms with Gasteiger partial charge in [0.2, 0.25) is 5.91 Å². The van der Waals surface area contributed by atoms with Gasteiger partial charge in [-0.05, 0) is 38.7 Å². The van der Waals surface area contributed by atoms with Gasteiger partial charge in [-0.25, -0.2) is 9.50 Å². The quantitative estimate of drug-likeness (QED) is 0.839. The summed E-state index contributed by atoms with van der Waals surface area (Å²) in [7, 11) is 0. The predicted octanol–water partition coefficient (Wildman–Crippen LogP) is 2.06. The molecule has 3 rings (SSSR count). The second kappa shape index (κ2) is 7.97. The Morgan fingerprint density at radius 3 is 2.63 bits per heavy atom. The first-order chi connectivity index (χ1) is 12.2. The van der Waals surface area contributed by atoms with Crippen molar-refractivity contribution in [2.24, 2.45) is 5.73 Å². The molecule has 2 aromatic rings. The molecule has 0 radical (unpaired) electrons. The fourth-order valence-corrected chi connectivity index (χ4v) is 3.47. The number of hydrogen-bond donors (Lipinski definition) is 1. The highest BCUT2D eigenvalue weighted by Gasteiger charge is 2.37. The summed E-state index contributed by atoms with van der Waals surface area (Å²) in [5.41, 5.74) is 7.49. The molecule has 0 bridgehead atoms. The molecule has 0 spiro atoms. The van der Waals surface area contributed by atoms with Crippen LogP contribution >= 0.6 is 12.4 Å². The van der Waals surface area contributed by atoms with Crippen LogP contribution in [-0.4, -0.2) is 49.5 Å². The van der Waals surface area contributed by atoms with Gasteiger partial charge in [0.05, 0.1) is 0 Å². The molecule has 1 unspecified atom stereocenters. The molecule has 2 N–H and O–H groups in total. The van der Waals surface area contributed by atoms with Crippen molar-refractivity contribution in [2.75, 3.05) is 13.1 Å². The van der Waals surface area contributed by atoms with Crippen LogP contribution in [0.1, 0.15) is 42.0 Å². The number of likely N-dealkylation sites (tertiary alicyclic amines) is 1. The van der Waals surface area contributed by atoms with Gasteiger partial charge in [0.15, 0.2) is 0 Å². The molecule has 2 aromatic heterocycles. The van der Waals surface area contributed by atoms with E-state index in [9.17, 15) is 18.0 Å². The molecule has 7 nitrogen and oxygen atoms in total. The van der Waals surface area contributed by atoms with Crippen LogP contribution in [0, 0.1) is 13.8 Å². The predicted molar refractivity (Wildman–Crippen MR) is 94.6 cm³/mol. The van der Waals surface area contributed by atoms with Gasteiger partial charge in [-0.15, -0.1) is 17.5 Å². The molecule has 0 aromatic carbocycles. The number of alkyl halides is 3. The summed E-state index contributed by atoms with van der Waals surface area (Å²) in [6.07, 6.45) is -2.14. The molecule has 3 heterocycles. The van der Waals surface area contributed by atoms with Crippen LogP contribution in [0.15, 0.2) is 0 Å². The summed E-state index contributed by atoms with van der Waals surface area (Å²) < 4.78 is 39.6. The second-order valence-corrected chi connectivity index (χ2v) is 6.53. The average molecular weight is 407 g/mol. The highest BCUT2D eigenvalue weighted by molar-refractivity contribution is 5.85. The zero-order valence-electron chi connectivity index (χ0n) is 15.1. The largest absolute Gasteiger partial charge is 0.453 e. The summed E-state index contributed by atoms with van der Waals surface area (Å²) in [5, 5.41) is 3.52. The minimum atomic E-state index is -4.63. The number of hydrogen-bond acceptors (Lipinski definition) is 5. The zero-order valence-corrected chi connectivity index (χ0v) is 15.9. The lowest BCUT2D eigenvalue weighted by molar-refractivity contribution is -0.144. The first kappa shape index (κ1) is 21.4. The number of carbonyl (C=O) groups is 1. The lowest BCUT2D eigenvalue weighted by atomic mass is 10.1. The smallest absolute Gasteiger partial charge is 0.338 e. The van der Waals surface area contributed by atoms with Crippen molar-refractivity contribution >= 4 is 24.1 Å². The SMILES string of the molecule is Cc1nc2nc(C(F)(F)F)nn2c(C)c1CCC(=O)N1CCCC1CN.Cl. The van der Waals surface area contributed by atoms with E-state index in [0.717, 1.165) is 17.4 Å². The van der Waals surface area contributed by atoms with E-state index in [1.165, 1.54) is 0 Å². The van der Waals surface area contributed by atoms with Crippen molar-refractivity contribution in [3.05, 3.63) is 22.8 Å². The number of aryl methyl sites for hydroxylation is 2. The van der Waals surface area contributed by atoms with Gasteiger partial charge in [0.1, 0.15) is 0 Å². The molecule has 1 aliphatic rings. The van der Waals surface area contributed by atoms with Crippen molar-refractivity contribution in [2.45, 2.75) is 51.7 Å². The van der Waals surface area contributed by atoms with E-state index in [4.69, 9.17) is 5.73 Å². The van der Waals surface area contributed by atoms with Gasteiger partial charge in [-0.1, -0.05) is 0 Å². The lowest BCUT2D eigenvalue weighted by Crippen LogP contribution is -2.40. The van der Waals surface area contributed by atoms with Crippen LogP contribution in [0.5, 0.6) is 0 Å². The van der Waals surface area contributed by atoms with Crippen LogP contribution in [-0.2, 0) is 17.4 Å². The minimum absolute atomic E-state index is 0. The van der Waals surface area contributed by atoms with E-state index in [0.29, 0.717) is 36.5 Å². The van der Waals surface area contributed by atoms with Gasteiger partial charge < -0.3 is 10.6 Å². The van der Waals surface area contributed by atoms with E-state index in [1.807, 2.05) is 0 Å². The maximum absolute atomic E-state index is 12.8. The number of aromatic nitrogens is 4. The number of nitrogens with two attached hydrogens (primary N) is 1. The Balaban J connectivity index is 0.00000261. The summed E-state index contributed by atoms with van der Waals surface area (Å²) >= 11 is 0. The van der Waals surface area contributed by atoms with E-state index >= 15 is 0 Å². The molecule has 1 saturated heterocycles. The van der Waals surface area contributed by atoms with E-state index in [2.05, 4.69) is 15.1 Å². The number of carbonyl (C=O) groups excluding carboxylic acids is 1. The van der Waals surface area contributed by atoms with Gasteiger partial charge in [-0.3, -0.25) is 4.79 Å². The third-order valence-electron chi connectivity index (χ3n) is 4.86. The second-order valence-electron chi connectivity index (χ2n) is 6.53. The third-order valence-corrected chi connectivity index (χ3v) is 4.86. The summed E-state index contributed by atoms with van der Waals surface area (Å²) in [4.78, 5) is 21.8. The van der Waals surface area contributed by atoms with Crippen molar-refractivity contribution in [1.82, 2.24) is 24.5 Å².